The summed E-state index contributed by atoms with van der Waals surface area (Å²) in [7, 11) is 1.93. The van der Waals surface area contributed by atoms with E-state index < -0.39 is 0 Å². The van der Waals surface area contributed by atoms with Gasteiger partial charge in [0.2, 0.25) is 0 Å². The number of halogens is 1. The number of allylic oxidation sites excluding steroid dienone is 3. The molecular weight excluding hydrogens is 277 g/mol. The molecule has 0 fully saturated rings. The second-order valence-electron chi connectivity index (χ2n) is 5.28. The van der Waals surface area contributed by atoms with E-state index >= 15 is 0 Å². The Kier molecular flexibility index (Phi) is 8.15. The van der Waals surface area contributed by atoms with Gasteiger partial charge in [0.05, 0.1) is 6.54 Å². The molecule has 0 atom stereocenters. The first kappa shape index (κ1) is 18.1. The van der Waals surface area contributed by atoms with Gasteiger partial charge in [0.1, 0.15) is 5.82 Å². The van der Waals surface area contributed by atoms with Crippen LogP contribution >= 0.6 is 0 Å². The van der Waals surface area contributed by atoms with Crippen LogP contribution in [-0.2, 0) is 6.54 Å². The molecule has 0 saturated carbocycles. The summed E-state index contributed by atoms with van der Waals surface area (Å²) < 4.78 is 13.4. The average molecular weight is 303 g/mol. The van der Waals surface area contributed by atoms with Crippen molar-refractivity contribution in [3.05, 3.63) is 59.1 Å². The zero-order valence-corrected chi connectivity index (χ0v) is 13.9. The van der Waals surface area contributed by atoms with E-state index in [9.17, 15) is 4.39 Å². The summed E-state index contributed by atoms with van der Waals surface area (Å²) in [5.74, 6) is -0.219. The molecule has 0 heterocycles. The van der Waals surface area contributed by atoms with Crippen molar-refractivity contribution in [2.24, 2.45) is 5.10 Å². The van der Waals surface area contributed by atoms with Crippen LogP contribution in [0, 0.1) is 5.82 Å². The fourth-order valence-electron chi connectivity index (χ4n) is 2.10. The summed E-state index contributed by atoms with van der Waals surface area (Å²) in [6.07, 6.45) is 6.46. The Morgan fingerprint density at radius 3 is 2.73 bits per heavy atom. The summed E-state index contributed by atoms with van der Waals surface area (Å²) in [5.41, 5.74) is 3.27. The lowest BCUT2D eigenvalue weighted by Gasteiger charge is -2.24. The fourth-order valence-corrected chi connectivity index (χ4v) is 2.10. The van der Waals surface area contributed by atoms with Crippen molar-refractivity contribution >= 4 is 6.21 Å². The van der Waals surface area contributed by atoms with Gasteiger partial charge in [-0.1, -0.05) is 23.8 Å². The number of hydrogen-bond acceptors (Lipinski definition) is 3. The van der Waals surface area contributed by atoms with Gasteiger partial charge in [-0.2, -0.15) is 5.10 Å². The van der Waals surface area contributed by atoms with E-state index in [1.54, 1.807) is 18.3 Å². The zero-order valence-electron chi connectivity index (χ0n) is 13.9. The van der Waals surface area contributed by atoms with Gasteiger partial charge >= 0.3 is 0 Å². The first-order valence-corrected chi connectivity index (χ1v) is 7.56. The zero-order chi connectivity index (χ0) is 16.4. The second kappa shape index (κ2) is 9.90. The summed E-state index contributed by atoms with van der Waals surface area (Å²) >= 11 is 0. The van der Waals surface area contributed by atoms with Crippen LogP contribution in [-0.4, -0.2) is 24.8 Å². The lowest BCUT2D eigenvalue weighted by Crippen LogP contribution is -2.21. The smallest absolute Gasteiger partial charge is 0.123 e. The van der Waals surface area contributed by atoms with E-state index in [2.05, 4.69) is 24.3 Å². The van der Waals surface area contributed by atoms with Crippen molar-refractivity contribution < 1.29 is 4.39 Å². The lowest BCUT2D eigenvalue weighted by molar-refractivity contribution is 0.339. The molecule has 0 aliphatic rings. The second-order valence-corrected chi connectivity index (χ2v) is 5.28. The number of nitrogens with one attached hydrogen (secondary N) is 1. The standard InChI is InChI=1S/C18H26FN3/c1-5-6-11-21-22(18(15(2)3)10-12-20-4)14-16-8-7-9-17(19)13-16/h5-9,11,13,20H,10,12,14H2,1-4H3/b6-5+,21-11+. The Morgan fingerprint density at radius 1 is 1.36 bits per heavy atom. The molecule has 0 aliphatic heterocycles. The molecule has 3 nitrogen and oxygen atoms in total. The molecule has 22 heavy (non-hydrogen) atoms. The fraction of sp³-hybridized carbons (Fsp3) is 0.389. The molecule has 0 aliphatic carbocycles. The quantitative estimate of drug-likeness (QED) is 0.578. The van der Waals surface area contributed by atoms with Crippen LogP contribution in [0.25, 0.3) is 0 Å². The first-order chi connectivity index (χ1) is 10.6. The molecule has 0 radical (unpaired) electrons. The van der Waals surface area contributed by atoms with E-state index in [1.165, 1.54) is 11.6 Å². The minimum absolute atomic E-state index is 0.219. The van der Waals surface area contributed by atoms with E-state index in [0.717, 1.165) is 24.2 Å². The van der Waals surface area contributed by atoms with Crippen molar-refractivity contribution in [2.75, 3.05) is 13.6 Å². The SMILES string of the molecule is C/C=C/C=N/N(Cc1cccc(F)c1)C(CCNC)=C(C)C. The van der Waals surface area contributed by atoms with Gasteiger partial charge in [-0.25, -0.2) is 4.39 Å². The maximum atomic E-state index is 13.4. The highest BCUT2D eigenvalue weighted by atomic mass is 19.1. The molecule has 0 bridgehead atoms. The normalized spacial score (nSPS) is 11.3. The highest BCUT2D eigenvalue weighted by molar-refractivity contribution is 5.70. The summed E-state index contributed by atoms with van der Waals surface area (Å²) in [6.45, 7) is 7.53. The third-order valence-corrected chi connectivity index (χ3v) is 3.21. The molecule has 0 amide bonds. The van der Waals surface area contributed by atoms with Gasteiger partial charge < -0.3 is 5.32 Å². The minimum Gasteiger partial charge on any atom is -0.319 e. The number of nitrogens with zero attached hydrogens (tertiary/aromatic N) is 2. The predicted octanol–water partition coefficient (Wildman–Crippen LogP) is 4.09. The number of hydrazone groups is 1. The highest BCUT2D eigenvalue weighted by Gasteiger charge is 2.11. The molecule has 1 rings (SSSR count). The number of benzene rings is 1. The van der Waals surface area contributed by atoms with Crippen molar-refractivity contribution in [2.45, 2.75) is 33.7 Å². The molecule has 0 saturated heterocycles. The monoisotopic (exact) mass is 303 g/mol. The molecule has 1 aromatic carbocycles. The molecular formula is C18H26FN3. The van der Waals surface area contributed by atoms with E-state index in [0.29, 0.717) is 6.54 Å². The van der Waals surface area contributed by atoms with Crippen LogP contribution in [0.4, 0.5) is 4.39 Å². The van der Waals surface area contributed by atoms with Gasteiger partial charge in [0, 0.05) is 24.9 Å². The summed E-state index contributed by atoms with van der Waals surface area (Å²) in [6, 6.07) is 6.66. The Morgan fingerprint density at radius 2 is 2.14 bits per heavy atom. The minimum atomic E-state index is -0.219. The average Bonchev–Trinajstić information content (AvgIpc) is 2.47. The molecule has 4 heteroatoms. The van der Waals surface area contributed by atoms with Crippen molar-refractivity contribution in [3.8, 4) is 0 Å². The Bertz CT molecular complexity index is 543. The Hall–Kier alpha value is -1.94. The number of hydrogen-bond donors (Lipinski definition) is 1. The van der Waals surface area contributed by atoms with Crippen molar-refractivity contribution in [1.29, 1.82) is 0 Å². The maximum absolute atomic E-state index is 13.4. The van der Waals surface area contributed by atoms with Gasteiger partial charge in [-0.3, -0.25) is 5.01 Å². The van der Waals surface area contributed by atoms with Gasteiger partial charge in [0.25, 0.3) is 0 Å². The third kappa shape index (κ3) is 6.22. The number of rotatable bonds is 8. The van der Waals surface area contributed by atoms with E-state index in [-0.39, 0.29) is 5.82 Å². The van der Waals surface area contributed by atoms with Crippen LogP contribution in [0.15, 0.2) is 52.8 Å². The van der Waals surface area contributed by atoms with E-state index in [1.807, 2.05) is 37.2 Å². The molecule has 0 aromatic heterocycles. The molecule has 1 aromatic rings. The summed E-state index contributed by atoms with van der Waals surface area (Å²) in [4.78, 5) is 0. The van der Waals surface area contributed by atoms with Crippen LogP contribution in [0.5, 0.6) is 0 Å². The van der Waals surface area contributed by atoms with Crippen LogP contribution in [0.1, 0.15) is 32.8 Å². The largest absolute Gasteiger partial charge is 0.319 e. The highest BCUT2D eigenvalue weighted by Crippen LogP contribution is 2.18. The van der Waals surface area contributed by atoms with Crippen molar-refractivity contribution in [1.82, 2.24) is 10.3 Å². The van der Waals surface area contributed by atoms with Gasteiger partial charge in [0.15, 0.2) is 0 Å². The Balaban J connectivity index is 3.03. The lowest BCUT2D eigenvalue weighted by atomic mass is 10.1. The van der Waals surface area contributed by atoms with E-state index in [4.69, 9.17) is 0 Å². The van der Waals surface area contributed by atoms with Crippen LogP contribution in [0.2, 0.25) is 0 Å². The van der Waals surface area contributed by atoms with Gasteiger partial charge in [-0.15, -0.1) is 0 Å². The van der Waals surface area contributed by atoms with Crippen molar-refractivity contribution in [3.63, 3.8) is 0 Å². The molecule has 1 N–H and O–H groups in total. The Labute approximate surface area is 133 Å². The molecule has 0 spiro atoms. The molecule has 0 unspecified atom stereocenters. The van der Waals surface area contributed by atoms with Crippen LogP contribution < -0.4 is 5.32 Å². The maximum Gasteiger partial charge on any atom is 0.123 e. The molecule has 120 valence electrons. The summed E-state index contributed by atoms with van der Waals surface area (Å²) in [5, 5.41) is 9.63. The first-order valence-electron chi connectivity index (χ1n) is 7.56. The predicted molar refractivity (Wildman–Crippen MR) is 92.2 cm³/mol. The topological polar surface area (TPSA) is 27.6 Å². The third-order valence-electron chi connectivity index (χ3n) is 3.21. The van der Waals surface area contributed by atoms with Crippen LogP contribution in [0.3, 0.4) is 0 Å². The van der Waals surface area contributed by atoms with Gasteiger partial charge in [-0.05, 0) is 51.6 Å².